The smallest absolute Gasteiger partial charge is 0.261 e. The number of hydrogen-bond acceptors (Lipinski definition) is 5. The van der Waals surface area contributed by atoms with Crippen molar-refractivity contribution in [2.45, 2.75) is 18.4 Å². The maximum Gasteiger partial charge on any atom is 0.261 e. The average molecular weight is 470 g/mol. The Morgan fingerprint density at radius 2 is 1.59 bits per heavy atom. The van der Waals surface area contributed by atoms with Crippen molar-refractivity contribution in [2.75, 3.05) is 11.9 Å². The third kappa shape index (κ3) is 6.36. The average Bonchev–Trinajstić information content (AvgIpc) is 2.79. The Morgan fingerprint density at radius 1 is 0.938 bits per heavy atom. The second kappa shape index (κ2) is 10.9. The number of hydrogen-bond donors (Lipinski definition) is 3. The van der Waals surface area contributed by atoms with E-state index < -0.39 is 15.9 Å². The second-order valence-corrected chi connectivity index (χ2v) is 8.85. The largest absolute Gasteiger partial charge is 0.493 e. The van der Waals surface area contributed by atoms with Crippen LogP contribution >= 0.6 is 12.2 Å². The van der Waals surface area contributed by atoms with Crippen molar-refractivity contribution in [2.24, 2.45) is 0 Å². The van der Waals surface area contributed by atoms with Gasteiger partial charge >= 0.3 is 0 Å². The summed E-state index contributed by atoms with van der Waals surface area (Å²) in [4.78, 5) is 12.6. The van der Waals surface area contributed by atoms with Crippen molar-refractivity contribution >= 4 is 38.9 Å². The van der Waals surface area contributed by atoms with E-state index in [0.29, 0.717) is 23.6 Å². The zero-order chi connectivity index (χ0) is 23.0. The summed E-state index contributed by atoms with van der Waals surface area (Å²) in [7, 11) is -3.66. The Labute approximate surface area is 192 Å². The van der Waals surface area contributed by atoms with Gasteiger partial charge in [-0.1, -0.05) is 42.5 Å². The molecule has 3 rings (SSSR count). The van der Waals surface area contributed by atoms with Gasteiger partial charge in [-0.3, -0.25) is 10.1 Å². The maximum atomic E-state index is 12.5. The first kappa shape index (κ1) is 23.4. The van der Waals surface area contributed by atoms with E-state index >= 15 is 0 Å². The number of sulfonamides is 1. The highest BCUT2D eigenvalue weighted by Crippen LogP contribution is 2.18. The van der Waals surface area contributed by atoms with Gasteiger partial charge in [-0.25, -0.2) is 13.1 Å². The maximum absolute atomic E-state index is 12.5. The summed E-state index contributed by atoms with van der Waals surface area (Å²) < 4.78 is 33.0. The number of nitrogens with one attached hydrogen (secondary N) is 3. The molecule has 0 aliphatic heterocycles. The highest BCUT2D eigenvalue weighted by atomic mass is 32.2. The van der Waals surface area contributed by atoms with Gasteiger partial charge in [0.25, 0.3) is 5.91 Å². The summed E-state index contributed by atoms with van der Waals surface area (Å²) in [6.45, 7) is 2.47. The van der Waals surface area contributed by atoms with Crippen LogP contribution in [0.15, 0.2) is 83.8 Å². The first-order valence-corrected chi connectivity index (χ1v) is 11.8. The Kier molecular flexibility index (Phi) is 7.93. The van der Waals surface area contributed by atoms with Gasteiger partial charge in [0, 0.05) is 12.2 Å². The molecule has 0 aliphatic rings. The predicted octanol–water partition coefficient (Wildman–Crippen LogP) is 3.69. The summed E-state index contributed by atoms with van der Waals surface area (Å²) in [5.74, 6) is 0.0590. The topological polar surface area (TPSA) is 96.5 Å². The lowest BCUT2D eigenvalue weighted by Gasteiger charge is -2.13. The minimum Gasteiger partial charge on any atom is -0.493 e. The Morgan fingerprint density at radius 3 is 2.28 bits per heavy atom. The summed E-state index contributed by atoms with van der Waals surface area (Å²) in [5, 5.41) is 5.55. The number of thiocarbonyl (C=S) groups is 1. The Bertz CT molecular complexity index is 1180. The molecule has 0 unspecified atom stereocenters. The minimum atomic E-state index is -3.66. The van der Waals surface area contributed by atoms with E-state index in [0.717, 1.165) is 5.56 Å². The van der Waals surface area contributed by atoms with Crippen LogP contribution in [0.2, 0.25) is 0 Å². The summed E-state index contributed by atoms with van der Waals surface area (Å²) >= 11 is 5.21. The van der Waals surface area contributed by atoms with Crippen LogP contribution in [0, 0.1) is 0 Å². The molecule has 166 valence electrons. The molecule has 0 spiro atoms. The fourth-order valence-corrected chi connectivity index (χ4v) is 4.07. The SMILES string of the molecule is CCOc1ccccc1C(=O)NC(=S)Nc1ccc(S(=O)(=O)NCc2ccccc2)cc1. The molecular weight excluding hydrogens is 446 g/mol. The van der Waals surface area contributed by atoms with E-state index in [9.17, 15) is 13.2 Å². The van der Waals surface area contributed by atoms with E-state index in [-0.39, 0.29) is 16.6 Å². The third-order valence-corrected chi connectivity index (χ3v) is 6.01. The fourth-order valence-electron chi connectivity index (χ4n) is 2.84. The van der Waals surface area contributed by atoms with Crippen molar-refractivity contribution in [1.29, 1.82) is 0 Å². The summed E-state index contributed by atoms with van der Waals surface area (Å²) in [6, 6.07) is 22.2. The van der Waals surface area contributed by atoms with Crippen molar-refractivity contribution in [3.8, 4) is 5.75 Å². The van der Waals surface area contributed by atoms with Crippen LogP contribution in [0.25, 0.3) is 0 Å². The molecule has 0 fully saturated rings. The van der Waals surface area contributed by atoms with Gasteiger partial charge in [0.1, 0.15) is 5.75 Å². The number of ether oxygens (including phenoxy) is 1. The van der Waals surface area contributed by atoms with Gasteiger partial charge in [0.2, 0.25) is 10.0 Å². The summed E-state index contributed by atoms with van der Waals surface area (Å²) in [5.41, 5.74) is 1.76. The zero-order valence-electron chi connectivity index (χ0n) is 17.4. The number of benzene rings is 3. The molecule has 0 aromatic heterocycles. The number of anilines is 1. The number of amides is 1. The van der Waals surface area contributed by atoms with Gasteiger partial charge in [-0.2, -0.15) is 0 Å². The quantitative estimate of drug-likeness (QED) is 0.436. The van der Waals surface area contributed by atoms with E-state index in [1.165, 1.54) is 12.1 Å². The molecule has 7 nitrogen and oxygen atoms in total. The van der Waals surface area contributed by atoms with Crippen LogP contribution in [0.5, 0.6) is 5.75 Å². The molecule has 32 heavy (non-hydrogen) atoms. The molecule has 0 aliphatic carbocycles. The lowest BCUT2D eigenvalue weighted by Crippen LogP contribution is -2.34. The van der Waals surface area contributed by atoms with E-state index in [1.807, 2.05) is 37.3 Å². The molecule has 1 amide bonds. The third-order valence-electron chi connectivity index (χ3n) is 4.39. The second-order valence-electron chi connectivity index (χ2n) is 6.67. The van der Waals surface area contributed by atoms with Crippen molar-refractivity contribution in [3.63, 3.8) is 0 Å². The van der Waals surface area contributed by atoms with Crippen LogP contribution in [-0.4, -0.2) is 26.0 Å². The summed E-state index contributed by atoms with van der Waals surface area (Å²) in [6.07, 6.45) is 0. The van der Waals surface area contributed by atoms with Gasteiger partial charge in [-0.15, -0.1) is 0 Å². The molecule has 0 saturated heterocycles. The predicted molar refractivity (Wildman–Crippen MR) is 128 cm³/mol. The molecule has 9 heteroatoms. The van der Waals surface area contributed by atoms with E-state index in [1.54, 1.807) is 36.4 Å². The van der Waals surface area contributed by atoms with Crippen LogP contribution < -0.4 is 20.1 Å². The lowest BCUT2D eigenvalue weighted by molar-refractivity contribution is 0.0974. The van der Waals surface area contributed by atoms with E-state index in [2.05, 4.69) is 15.4 Å². The molecule has 0 radical (unpaired) electrons. The molecule has 0 bridgehead atoms. The van der Waals surface area contributed by atoms with Gasteiger partial charge in [0.15, 0.2) is 5.11 Å². The number of carbonyl (C=O) groups excluding carboxylic acids is 1. The Hall–Kier alpha value is -3.27. The van der Waals surface area contributed by atoms with Crippen molar-refractivity contribution in [3.05, 3.63) is 90.0 Å². The van der Waals surface area contributed by atoms with Crippen LogP contribution in [0.4, 0.5) is 5.69 Å². The number of para-hydroxylation sites is 1. The molecule has 0 saturated carbocycles. The van der Waals surface area contributed by atoms with Crippen LogP contribution in [-0.2, 0) is 16.6 Å². The first-order chi connectivity index (χ1) is 15.4. The minimum absolute atomic E-state index is 0.0825. The van der Waals surface area contributed by atoms with Crippen molar-refractivity contribution < 1.29 is 17.9 Å². The molecular formula is C23H23N3O4S2. The molecule has 0 heterocycles. The molecule has 3 N–H and O–H groups in total. The van der Waals surface area contributed by atoms with Gasteiger partial charge in [-0.05, 0) is 61.1 Å². The highest BCUT2D eigenvalue weighted by Gasteiger charge is 2.15. The highest BCUT2D eigenvalue weighted by molar-refractivity contribution is 7.89. The van der Waals surface area contributed by atoms with Gasteiger partial charge < -0.3 is 10.1 Å². The monoisotopic (exact) mass is 469 g/mol. The lowest BCUT2D eigenvalue weighted by atomic mass is 10.2. The standard InChI is InChI=1S/C23H23N3O4S2/c1-2-30-21-11-7-6-10-20(21)22(27)26-23(31)25-18-12-14-19(15-13-18)32(28,29)24-16-17-8-4-3-5-9-17/h3-15,24H,2,16H2,1H3,(H2,25,26,27,31). The molecule has 0 atom stereocenters. The van der Waals surface area contributed by atoms with Crippen molar-refractivity contribution in [1.82, 2.24) is 10.0 Å². The molecule has 3 aromatic rings. The van der Waals surface area contributed by atoms with Crippen LogP contribution in [0.1, 0.15) is 22.8 Å². The van der Waals surface area contributed by atoms with E-state index in [4.69, 9.17) is 17.0 Å². The Balaban J connectivity index is 1.59. The van der Waals surface area contributed by atoms with Gasteiger partial charge in [0.05, 0.1) is 17.1 Å². The molecule has 3 aromatic carbocycles. The normalized spacial score (nSPS) is 10.9. The first-order valence-electron chi connectivity index (χ1n) is 9.87. The van der Waals surface area contributed by atoms with Crippen LogP contribution in [0.3, 0.4) is 0 Å². The zero-order valence-corrected chi connectivity index (χ0v) is 19.0. The number of rotatable bonds is 8. The number of carbonyl (C=O) groups is 1. The fraction of sp³-hybridized carbons (Fsp3) is 0.130.